The summed E-state index contributed by atoms with van der Waals surface area (Å²) in [4.78, 5) is 22.4. The van der Waals surface area contributed by atoms with E-state index in [9.17, 15) is 9.59 Å². The average Bonchev–Trinajstić information content (AvgIpc) is 2.18. The quantitative estimate of drug-likeness (QED) is 0.787. The molecule has 1 aromatic rings. The maximum absolute atomic E-state index is 12.0. The summed E-state index contributed by atoms with van der Waals surface area (Å²) in [6, 6.07) is 5.25. The van der Waals surface area contributed by atoms with Crippen molar-refractivity contribution < 1.29 is 9.59 Å². The van der Waals surface area contributed by atoms with Crippen molar-refractivity contribution in [1.29, 1.82) is 0 Å². The summed E-state index contributed by atoms with van der Waals surface area (Å²) in [6.07, 6.45) is 0.605. The van der Waals surface area contributed by atoms with Gasteiger partial charge in [0.05, 0.1) is 0 Å². The lowest BCUT2D eigenvalue weighted by atomic mass is 10.0. The molecule has 1 rings (SSSR count). The van der Waals surface area contributed by atoms with E-state index in [0.717, 1.165) is 5.56 Å². The number of benzene rings is 1. The molecule has 4 heteroatoms. The molecule has 4 nitrogen and oxygen atoms in total. The fraction of sp³-hybridized carbons (Fsp3) is 0.385. The van der Waals surface area contributed by atoms with Crippen molar-refractivity contribution in [3.63, 3.8) is 0 Å². The number of nitrogens with one attached hydrogen (secondary N) is 2. The zero-order valence-corrected chi connectivity index (χ0v) is 10.6. The molecule has 92 valence electrons. The third-order valence-corrected chi connectivity index (χ3v) is 2.28. The predicted octanol–water partition coefficient (Wildman–Crippen LogP) is 2.09. The fourth-order valence-electron chi connectivity index (χ4n) is 1.51. The molecule has 0 spiro atoms. The maximum atomic E-state index is 12.0. The highest BCUT2D eigenvalue weighted by Crippen LogP contribution is 2.18. The molecule has 0 fully saturated rings. The first-order chi connectivity index (χ1) is 7.85. The van der Waals surface area contributed by atoms with Crippen molar-refractivity contribution >= 4 is 18.0 Å². The molecule has 0 radical (unpaired) electrons. The summed E-state index contributed by atoms with van der Waals surface area (Å²) in [5.41, 5.74) is 1.71. The first-order valence-electron chi connectivity index (χ1n) is 5.47. The normalized spacial score (nSPS) is 10.8. The van der Waals surface area contributed by atoms with Crippen LogP contribution in [0, 0.1) is 6.92 Å². The minimum atomic E-state index is -0.280. The van der Waals surface area contributed by atoms with Gasteiger partial charge in [0.1, 0.15) is 0 Å². The van der Waals surface area contributed by atoms with Crippen molar-refractivity contribution in [1.82, 2.24) is 5.32 Å². The number of rotatable bonds is 3. The Balaban J connectivity index is 3.02. The van der Waals surface area contributed by atoms with Crippen LogP contribution in [-0.4, -0.2) is 17.9 Å². The van der Waals surface area contributed by atoms with Crippen LogP contribution in [-0.2, 0) is 4.79 Å². The van der Waals surface area contributed by atoms with Gasteiger partial charge in [-0.2, -0.15) is 0 Å². The van der Waals surface area contributed by atoms with Crippen LogP contribution < -0.4 is 10.6 Å². The second-order valence-corrected chi connectivity index (χ2v) is 4.94. The minimum Gasteiger partial charge on any atom is -0.347 e. The summed E-state index contributed by atoms with van der Waals surface area (Å²) in [5.74, 6) is -0.135. The number of anilines is 1. The lowest BCUT2D eigenvalue weighted by molar-refractivity contribution is -0.105. The summed E-state index contributed by atoms with van der Waals surface area (Å²) < 4.78 is 0. The van der Waals surface area contributed by atoms with Crippen LogP contribution in [0.3, 0.4) is 0 Å². The van der Waals surface area contributed by atoms with Crippen LogP contribution in [0.5, 0.6) is 0 Å². The van der Waals surface area contributed by atoms with E-state index in [-0.39, 0.29) is 11.4 Å². The van der Waals surface area contributed by atoms with Crippen LogP contribution >= 0.6 is 0 Å². The zero-order valence-electron chi connectivity index (χ0n) is 10.6. The van der Waals surface area contributed by atoms with Crippen molar-refractivity contribution in [2.24, 2.45) is 0 Å². The Kier molecular flexibility index (Phi) is 3.89. The van der Waals surface area contributed by atoms with Gasteiger partial charge in [-0.1, -0.05) is 6.07 Å². The molecular formula is C13H18N2O2. The summed E-state index contributed by atoms with van der Waals surface area (Å²) >= 11 is 0. The molecule has 0 aromatic heterocycles. The molecule has 0 unspecified atom stereocenters. The van der Waals surface area contributed by atoms with E-state index in [0.29, 0.717) is 17.7 Å². The number of carbonyl (C=O) groups excluding carboxylic acids is 2. The summed E-state index contributed by atoms with van der Waals surface area (Å²) in [6.45, 7) is 7.58. The molecule has 2 amide bonds. The first-order valence-corrected chi connectivity index (χ1v) is 5.47. The maximum Gasteiger partial charge on any atom is 0.252 e. The largest absolute Gasteiger partial charge is 0.347 e. The second-order valence-electron chi connectivity index (χ2n) is 4.94. The van der Waals surface area contributed by atoms with Crippen molar-refractivity contribution in [3.05, 3.63) is 29.3 Å². The van der Waals surface area contributed by atoms with Crippen LogP contribution in [0.2, 0.25) is 0 Å². The molecular weight excluding hydrogens is 216 g/mol. The van der Waals surface area contributed by atoms with Gasteiger partial charge in [0, 0.05) is 16.8 Å². The van der Waals surface area contributed by atoms with Gasteiger partial charge in [0.15, 0.2) is 0 Å². The van der Waals surface area contributed by atoms with Gasteiger partial charge in [-0.25, -0.2) is 0 Å². The van der Waals surface area contributed by atoms with Crippen molar-refractivity contribution in [2.45, 2.75) is 33.2 Å². The van der Waals surface area contributed by atoms with E-state index in [1.165, 1.54) is 0 Å². The number of hydrogen-bond donors (Lipinski definition) is 2. The molecule has 0 atom stereocenters. The minimum absolute atomic E-state index is 0.135. The number of amides is 2. The Morgan fingerprint density at radius 3 is 2.47 bits per heavy atom. The molecule has 2 N–H and O–H groups in total. The molecule has 1 aromatic carbocycles. The molecule has 0 heterocycles. The average molecular weight is 234 g/mol. The highest BCUT2D eigenvalue weighted by Gasteiger charge is 2.17. The van der Waals surface area contributed by atoms with E-state index >= 15 is 0 Å². The van der Waals surface area contributed by atoms with E-state index in [1.54, 1.807) is 18.2 Å². The SMILES string of the molecule is Cc1c(NC=O)cccc1C(=O)NC(C)(C)C. The Bertz CT molecular complexity index is 434. The topological polar surface area (TPSA) is 58.2 Å². The third-order valence-electron chi connectivity index (χ3n) is 2.28. The van der Waals surface area contributed by atoms with E-state index in [2.05, 4.69) is 10.6 Å². The van der Waals surface area contributed by atoms with Gasteiger partial charge in [0.25, 0.3) is 5.91 Å². The van der Waals surface area contributed by atoms with Crippen LogP contribution in [0.15, 0.2) is 18.2 Å². The monoisotopic (exact) mass is 234 g/mol. The van der Waals surface area contributed by atoms with Crippen LogP contribution in [0.25, 0.3) is 0 Å². The second kappa shape index (κ2) is 4.99. The van der Waals surface area contributed by atoms with Gasteiger partial charge in [-0.15, -0.1) is 0 Å². The predicted molar refractivity (Wildman–Crippen MR) is 68.1 cm³/mol. The third kappa shape index (κ3) is 3.59. The van der Waals surface area contributed by atoms with Gasteiger partial charge in [-0.05, 0) is 45.4 Å². The molecule has 0 aliphatic rings. The molecule has 0 aliphatic carbocycles. The lowest BCUT2D eigenvalue weighted by Crippen LogP contribution is -2.40. The molecule has 0 saturated heterocycles. The van der Waals surface area contributed by atoms with Crippen molar-refractivity contribution in [2.75, 3.05) is 5.32 Å². The van der Waals surface area contributed by atoms with E-state index in [1.807, 2.05) is 27.7 Å². The summed E-state index contributed by atoms with van der Waals surface area (Å²) in [5, 5.41) is 5.46. The highest BCUT2D eigenvalue weighted by atomic mass is 16.1. The molecule has 0 aliphatic heterocycles. The van der Waals surface area contributed by atoms with E-state index in [4.69, 9.17) is 0 Å². The smallest absolute Gasteiger partial charge is 0.252 e. The van der Waals surface area contributed by atoms with E-state index < -0.39 is 0 Å². The number of carbonyl (C=O) groups is 2. The zero-order chi connectivity index (χ0) is 13.1. The number of hydrogen-bond acceptors (Lipinski definition) is 2. The fourth-order valence-corrected chi connectivity index (χ4v) is 1.51. The van der Waals surface area contributed by atoms with Crippen molar-refractivity contribution in [3.8, 4) is 0 Å². The van der Waals surface area contributed by atoms with Gasteiger partial charge in [0.2, 0.25) is 6.41 Å². The Hall–Kier alpha value is -1.84. The van der Waals surface area contributed by atoms with Gasteiger partial charge >= 0.3 is 0 Å². The van der Waals surface area contributed by atoms with Gasteiger partial charge in [-0.3, -0.25) is 9.59 Å². The Morgan fingerprint density at radius 2 is 1.94 bits per heavy atom. The molecule has 0 saturated carbocycles. The first kappa shape index (κ1) is 13.2. The Labute approximate surface area is 101 Å². The highest BCUT2D eigenvalue weighted by molar-refractivity contribution is 5.98. The lowest BCUT2D eigenvalue weighted by Gasteiger charge is -2.21. The molecule has 17 heavy (non-hydrogen) atoms. The molecule has 0 bridgehead atoms. The van der Waals surface area contributed by atoms with Gasteiger partial charge < -0.3 is 10.6 Å². The van der Waals surface area contributed by atoms with Crippen LogP contribution in [0.1, 0.15) is 36.7 Å². The standard InChI is InChI=1S/C13H18N2O2/c1-9-10(12(17)15-13(2,3)4)6-5-7-11(9)14-8-16/h5-8H,1-4H3,(H,14,16)(H,15,17). The Morgan fingerprint density at radius 1 is 1.29 bits per heavy atom. The summed E-state index contributed by atoms with van der Waals surface area (Å²) in [7, 11) is 0. The van der Waals surface area contributed by atoms with Crippen LogP contribution in [0.4, 0.5) is 5.69 Å².